The number of rotatable bonds is 4. The summed E-state index contributed by atoms with van der Waals surface area (Å²) < 4.78 is 5.13. The third kappa shape index (κ3) is 4.19. The number of carbonyl (C=O) groups is 3. The Hall–Kier alpha value is -2.80. The highest BCUT2D eigenvalue weighted by Gasteiger charge is 2.31. The van der Waals surface area contributed by atoms with E-state index in [0.29, 0.717) is 12.2 Å². The molecule has 6 nitrogen and oxygen atoms in total. The van der Waals surface area contributed by atoms with Crippen molar-refractivity contribution in [2.24, 2.45) is 0 Å². The fourth-order valence-corrected chi connectivity index (χ4v) is 3.33. The molecule has 2 N–H and O–H groups in total. The van der Waals surface area contributed by atoms with Crippen LogP contribution in [0.1, 0.15) is 5.56 Å². The average Bonchev–Trinajstić information content (AvgIpc) is 2.93. The van der Waals surface area contributed by atoms with Gasteiger partial charge >= 0.3 is 6.09 Å². The molecule has 1 aliphatic heterocycles. The van der Waals surface area contributed by atoms with Crippen molar-refractivity contribution in [2.45, 2.75) is 11.7 Å². The Bertz CT molecular complexity index is 820. The van der Waals surface area contributed by atoms with Gasteiger partial charge in [-0.3, -0.25) is 14.9 Å². The van der Waals surface area contributed by atoms with Gasteiger partial charge in [0.25, 0.3) is 5.24 Å². The molecule has 25 heavy (non-hydrogen) atoms. The minimum absolute atomic E-state index is 0.238. The molecule has 2 aromatic rings. The summed E-state index contributed by atoms with van der Waals surface area (Å²) in [5, 5.41) is 4.03. The molecule has 1 aliphatic rings. The van der Waals surface area contributed by atoms with Gasteiger partial charge in [-0.15, -0.1) is 0 Å². The number of ether oxygens (including phenoxy) is 1. The molecule has 3 amide bonds. The highest BCUT2D eigenvalue weighted by atomic mass is 32.2. The van der Waals surface area contributed by atoms with E-state index >= 15 is 0 Å². The standard InChI is InChI=1S/C18H16N2O4S/c1-19-17(22)24-14-4-2-3-13(10-14)12-7-5-11(6-8-12)9-15-16(21)20-18(23)25-15/h2-8,10,15H,9H2,1H3,(H,19,22)(H,20,21,23). The predicted octanol–water partition coefficient (Wildman–Crippen LogP) is 2.97. The van der Waals surface area contributed by atoms with Gasteiger partial charge < -0.3 is 10.1 Å². The van der Waals surface area contributed by atoms with Gasteiger partial charge in [-0.05, 0) is 35.2 Å². The van der Waals surface area contributed by atoms with Crippen LogP contribution in [0.2, 0.25) is 0 Å². The quantitative estimate of drug-likeness (QED) is 0.880. The molecule has 0 saturated carbocycles. The van der Waals surface area contributed by atoms with Gasteiger partial charge in [0.15, 0.2) is 0 Å². The van der Waals surface area contributed by atoms with E-state index < -0.39 is 6.09 Å². The van der Waals surface area contributed by atoms with E-state index in [2.05, 4.69) is 10.6 Å². The van der Waals surface area contributed by atoms with E-state index in [4.69, 9.17) is 4.74 Å². The first-order valence-electron chi connectivity index (χ1n) is 7.65. The first-order valence-corrected chi connectivity index (χ1v) is 8.53. The van der Waals surface area contributed by atoms with Crippen molar-refractivity contribution < 1.29 is 19.1 Å². The SMILES string of the molecule is CNC(=O)Oc1cccc(-c2ccc(CC3SC(=O)NC3=O)cc2)c1. The molecule has 0 aliphatic carbocycles. The number of hydrogen-bond donors (Lipinski definition) is 2. The van der Waals surface area contributed by atoms with Gasteiger partial charge in [0.2, 0.25) is 5.91 Å². The second-order valence-electron chi connectivity index (χ2n) is 5.45. The molecule has 3 rings (SSSR count). The molecule has 1 fully saturated rings. The molecule has 0 bridgehead atoms. The van der Waals surface area contributed by atoms with Crippen LogP contribution in [0.3, 0.4) is 0 Å². The number of imide groups is 1. The average molecular weight is 356 g/mol. The third-order valence-corrected chi connectivity index (χ3v) is 4.71. The van der Waals surface area contributed by atoms with Crippen molar-refractivity contribution in [3.63, 3.8) is 0 Å². The van der Waals surface area contributed by atoms with Crippen LogP contribution in [0.4, 0.5) is 9.59 Å². The maximum Gasteiger partial charge on any atom is 0.412 e. The van der Waals surface area contributed by atoms with Crippen LogP contribution in [0.25, 0.3) is 11.1 Å². The smallest absolute Gasteiger partial charge is 0.410 e. The second-order valence-corrected chi connectivity index (χ2v) is 6.63. The monoisotopic (exact) mass is 356 g/mol. The Labute approximate surface area is 148 Å². The molecule has 0 spiro atoms. The van der Waals surface area contributed by atoms with Gasteiger partial charge in [0.1, 0.15) is 5.75 Å². The van der Waals surface area contributed by atoms with Crippen LogP contribution in [-0.2, 0) is 11.2 Å². The minimum atomic E-state index is -0.519. The first-order chi connectivity index (χ1) is 12.0. The molecule has 128 valence electrons. The summed E-state index contributed by atoms with van der Waals surface area (Å²) in [5.74, 6) is 0.219. The molecule has 7 heteroatoms. The molecule has 1 atom stereocenters. The predicted molar refractivity (Wildman–Crippen MR) is 95.6 cm³/mol. The number of hydrogen-bond acceptors (Lipinski definition) is 5. The molecular formula is C18H16N2O4S. The van der Waals surface area contributed by atoms with E-state index in [1.165, 1.54) is 7.05 Å². The lowest BCUT2D eigenvalue weighted by Crippen LogP contribution is -2.25. The van der Waals surface area contributed by atoms with Crippen molar-refractivity contribution in [3.05, 3.63) is 54.1 Å². The lowest BCUT2D eigenvalue weighted by Gasteiger charge is -2.08. The number of carbonyl (C=O) groups excluding carboxylic acids is 3. The maximum absolute atomic E-state index is 11.6. The topological polar surface area (TPSA) is 84.5 Å². The van der Waals surface area contributed by atoms with Crippen molar-refractivity contribution in [3.8, 4) is 16.9 Å². The van der Waals surface area contributed by atoms with Gasteiger partial charge in [0.05, 0.1) is 5.25 Å². The fourth-order valence-electron chi connectivity index (χ4n) is 2.47. The molecule has 0 aromatic heterocycles. The van der Waals surface area contributed by atoms with E-state index in [9.17, 15) is 14.4 Å². The Morgan fingerprint density at radius 2 is 1.92 bits per heavy atom. The summed E-state index contributed by atoms with van der Waals surface area (Å²) in [6.45, 7) is 0. The van der Waals surface area contributed by atoms with Gasteiger partial charge in [-0.1, -0.05) is 48.2 Å². The number of amides is 3. The fraction of sp³-hybridized carbons (Fsp3) is 0.167. The van der Waals surface area contributed by atoms with Crippen LogP contribution < -0.4 is 15.4 Å². The number of benzene rings is 2. The minimum Gasteiger partial charge on any atom is -0.410 e. The number of nitrogens with one attached hydrogen (secondary N) is 2. The molecular weight excluding hydrogens is 340 g/mol. The summed E-state index contributed by atoms with van der Waals surface area (Å²) in [5.41, 5.74) is 2.85. The van der Waals surface area contributed by atoms with E-state index in [-0.39, 0.29) is 16.4 Å². The normalized spacial score (nSPS) is 16.4. The largest absolute Gasteiger partial charge is 0.412 e. The summed E-state index contributed by atoms with van der Waals surface area (Å²) in [6.07, 6.45) is -0.0168. The summed E-state index contributed by atoms with van der Waals surface area (Å²) in [4.78, 5) is 34.1. The molecule has 0 radical (unpaired) electrons. The molecule has 2 aromatic carbocycles. The summed E-state index contributed by atoms with van der Waals surface area (Å²) >= 11 is 1.02. The maximum atomic E-state index is 11.6. The summed E-state index contributed by atoms with van der Waals surface area (Å²) in [6, 6.07) is 15.0. The molecule has 1 unspecified atom stereocenters. The van der Waals surface area contributed by atoms with Gasteiger partial charge in [-0.25, -0.2) is 4.79 Å². The van der Waals surface area contributed by atoms with Crippen molar-refractivity contribution in [2.75, 3.05) is 7.05 Å². The molecule has 1 heterocycles. The summed E-state index contributed by atoms with van der Waals surface area (Å²) in [7, 11) is 1.50. The highest BCUT2D eigenvalue weighted by Crippen LogP contribution is 2.26. The van der Waals surface area contributed by atoms with Crippen molar-refractivity contribution in [1.82, 2.24) is 10.6 Å². The Kier molecular flexibility index (Phi) is 5.04. The van der Waals surface area contributed by atoms with Crippen LogP contribution >= 0.6 is 11.8 Å². The van der Waals surface area contributed by atoms with Gasteiger partial charge in [-0.2, -0.15) is 0 Å². The lowest BCUT2D eigenvalue weighted by atomic mass is 10.0. The first kappa shape index (κ1) is 17.0. The van der Waals surface area contributed by atoms with Crippen LogP contribution in [-0.4, -0.2) is 29.5 Å². The zero-order valence-electron chi connectivity index (χ0n) is 13.4. The van der Waals surface area contributed by atoms with Crippen LogP contribution in [0.5, 0.6) is 5.75 Å². The van der Waals surface area contributed by atoms with E-state index in [1.807, 2.05) is 36.4 Å². The number of thioether (sulfide) groups is 1. The second kappa shape index (κ2) is 7.40. The van der Waals surface area contributed by atoms with Crippen molar-refractivity contribution in [1.29, 1.82) is 0 Å². The van der Waals surface area contributed by atoms with E-state index in [1.54, 1.807) is 12.1 Å². The lowest BCUT2D eigenvalue weighted by molar-refractivity contribution is -0.118. The zero-order chi connectivity index (χ0) is 17.8. The Balaban J connectivity index is 1.72. The Morgan fingerprint density at radius 1 is 1.16 bits per heavy atom. The van der Waals surface area contributed by atoms with E-state index in [0.717, 1.165) is 28.5 Å². The van der Waals surface area contributed by atoms with Crippen LogP contribution in [0.15, 0.2) is 48.5 Å². The van der Waals surface area contributed by atoms with Crippen molar-refractivity contribution >= 4 is 29.0 Å². The molecule has 1 saturated heterocycles. The highest BCUT2D eigenvalue weighted by molar-refractivity contribution is 8.15. The van der Waals surface area contributed by atoms with Gasteiger partial charge in [0, 0.05) is 7.05 Å². The third-order valence-electron chi connectivity index (χ3n) is 3.72. The zero-order valence-corrected chi connectivity index (χ0v) is 14.3. The van der Waals surface area contributed by atoms with Crippen LogP contribution in [0, 0.1) is 0 Å². The Morgan fingerprint density at radius 3 is 2.56 bits per heavy atom.